The summed E-state index contributed by atoms with van der Waals surface area (Å²) in [5, 5.41) is 8.28. The summed E-state index contributed by atoms with van der Waals surface area (Å²) in [4.78, 5) is 16.6. The van der Waals surface area contributed by atoms with E-state index in [-0.39, 0.29) is 5.91 Å². The number of carbonyl (C=O) groups excluding carboxylic acids is 1. The lowest BCUT2D eigenvalue weighted by molar-refractivity contribution is -0.114. The molecule has 2 aromatic heterocycles. The molecule has 162 valence electrons. The Morgan fingerprint density at radius 2 is 1.84 bits per heavy atom. The van der Waals surface area contributed by atoms with Gasteiger partial charge in [-0.25, -0.2) is 9.50 Å². The smallest absolute Gasteiger partial charge is 0.221 e. The molecule has 5 nitrogen and oxygen atoms in total. The molecule has 1 aliphatic rings. The first-order chi connectivity index (χ1) is 15.5. The van der Waals surface area contributed by atoms with Crippen LogP contribution in [0.15, 0.2) is 54.7 Å². The second-order valence-electron chi connectivity index (χ2n) is 8.46. The highest BCUT2D eigenvalue weighted by atomic mass is 35.5. The van der Waals surface area contributed by atoms with E-state index in [1.807, 2.05) is 59.2 Å². The molecule has 1 N–H and O–H groups in total. The summed E-state index contributed by atoms with van der Waals surface area (Å²) >= 11 is 6.10. The maximum atomic E-state index is 11.4. The maximum Gasteiger partial charge on any atom is 0.221 e. The number of carbonyl (C=O) groups is 1. The number of rotatable bonds is 4. The Bertz CT molecular complexity index is 1290. The first-order valence-corrected chi connectivity index (χ1v) is 11.4. The van der Waals surface area contributed by atoms with Crippen molar-refractivity contribution in [2.45, 2.75) is 39.5 Å². The standard InChI is InChI=1S/C26H25ClN4O/c1-3-17-4-13-24-22(14-17)25(19-7-11-21(12-8-19)29-16(2)32)30-26-23(15-28-31(24)26)18-5-9-20(27)10-6-18/h5-12,15,17H,3-4,13-14H2,1-2H3,(H,29,32). The minimum Gasteiger partial charge on any atom is -0.326 e. The van der Waals surface area contributed by atoms with E-state index in [4.69, 9.17) is 21.7 Å². The molecule has 0 spiro atoms. The molecule has 32 heavy (non-hydrogen) atoms. The fraction of sp³-hybridized carbons (Fsp3) is 0.269. The molecule has 2 aromatic carbocycles. The third kappa shape index (κ3) is 3.78. The third-order valence-corrected chi connectivity index (χ3v) is 6.60. The van der Waals surface area contributed by atoms with Gasteiger partial charge in [-0.2, -0.15) is 5.10 Å². The van der Waals surface area contributed by atoms with Gasteiger partial charge in [-0.15, -0.1) is 0 Å². The molecule has 0 saturated carbocycles. The van der Waals surface area contributed by atoms with Crippen molar-refractivity contribution in [2.75, 3.05) is 5.32 Å². The van der Waals surface area contributed by atoms with Crippen LogP contribution in [0.2, 0.25) is 5.02 Å². The van der Waals surface area contributed by atoms with Crippen molar-refractivity contribution < 1.29 is 4.79 Å². The van der Waals surface area contributed by atoms with Crippen LogP contribution in [-0.4, -0.2) is 20.5 Å². The summed E-state index contributed by atoms with van der Waals surface area (Å²) in [6, 6.07) is 15.8. The summed E-state index contributed by atoms with van der Waals surface area (Å²) in [6.07, 6.45) is 6.23. The average Bonchev–Trinajstić information content (AvgIpc) is 3.23. The number of nitrogens with zero attached hydrogens (tertiary/aromatic N) is 3. The fourth-order valence-electron chi connectivity index (χ4n) is 4.62. The zero-order valence-corrected chi connectivity index (χ0v) is 19.0. The number of amides is 1. The summed E-state index contributed by atoms with van der Waals surface area (Å²) in [7, 11) is 0. The largest absolute Gasteiger partial charge is 0.326 e. The van der Waals surface area contributed by atoms with E-state index >= 15 is 0 Å². The highest BCUT2D eigenvalue weighted by molar-refractivity contribution is 6.30. The summed E-state index contributed by atoms with van der Waals surface area (Å²) in [6.45, 7) is 3.78. The molecule has 1 aliphatic carbocycles. The SMILES string of the molecule is CCC1CCc2c(c(-c3ccc(NC(C)=O)cc3)nc3c(-c4ccc(Cl)cc4)cnn23)C1. The van der Waals surface area contributed by atoms with Crippen LogP contribution in [0.5, 0.6) is 0 Å². The quantitative estimate of drug-likeness (QED) is 0.408. The van der Waals surface area contributed by atoms with Crippen molar-refractivity contribution in [1.29, 1.82) is 0 Å². The van der Waals surface area contributed by atoms with Gasteiger partial charge in [0, 0.05) is 40.0 Å². The van der Waals surface area contributed by atoms with E-state index in [2.05, 4.69) is 12.2 Å². The molecule has 1 amide bonds. The molecule has 4 aromatic rings. The van der Waals surface area contributed by atoms with Crippen molar-refractivity contribution in [3.63, 3.8) is 0 Å². The number of benzene rings is 2. The summed E-state index contributed by atoms with van der Waals surface area (Å²) in [5.41, 5.74) is 8.29. The number of aromatic nitrogens is 3. The van der Waals surface area contributed by atoms with Gasteiger partial charge in [0.15, 0.2) is 5.65 Å². The lowest BCUT2D eigenvalue weighted by Gasteiger charge is -2.26. The lowest BCUT2D eigenvalue weighted by Crippen LogP contribution is -2.19. The maximum absolute atomic E-state index is 11.4. The van der Waals surface area contributed by atoms with Gasteiger partial charge >= 0.3 is 0 Å². The van der Waals surface area contributed by atoms with E-state index in [0.29, 0.717) is 10.9 Å². The van der Waals surface area contributed by atoms with Gasteiger partial charge < -0.3 is 5.32 Å². The molecule has 0 fully saturated rings. The molecular weight excluding hydrogens is 420 g/mol. The van der Waals surface area contributed by atoms with Crippen molar-refractivity contribution in [3.8, 4) is 22.4 Å². The van der Waals surface area contributed by atoms with Crippen LogP contribution in [0.4, 0.5) is 5.69 Å². The van der Waals surface area contributed by atoms with Gasteiger partial charge in [0.2, 0.25) is 5.91 Å². The molecule has 2 heterocycles. The average molecular weight is 445 g/mol. The van der Waals surface area contributed by atoms with Gasteiger partial charge in [-0.3, -0.25) is 4.79 Å². The highest BCUT2D eigenvalue weighted by Gasteiger charge is 2.26. The van der Waals surface area contributed by atoms with Crippen LogP contribution in [-0.2, 0) is 17.6 Å². The monoisotopic (exact) mass is 444 g/mol. The molecule has 1 unspecified atom stereocenters. The van der Waals surface area contributed by atoms with Crippen molar-refractivity contribution in [2.24, 2.45) is 5.92 Å². The number of halogens is 1. The molecule has 1 atom stereocenters. The van der Waals surface area contributed by atoms with E-state index in [0.717, 1.165) is 53.0 Å². The van der Waals surface area contributed by atoms with Crippen molar-refractivity contribution in [3.05, 3.63) is 71.0 Å². The van der Waals surface area contributed by atoms with Crippen LogP contribution in [0.25, 0.3) is 28.0 Å². The topological polar surface area (TPSA) is 59.3 Å². The van der Waals surface area contributed by atoms with Crippen LogP contribution in [0.1, 0.15) is 37.9 Å². The summed E-state index contributed by atoms with van der Waals surface area (Å²) < 4.78 is 2.03. The van der Waals surface area contributed by atoms with E-state index in [9.17, 15) is 4.79 Å². The minimum atomic E-state index is -0.0765. The first kappa shape index (κ1) is 20.7. The lowest BCUT2D eigenvalue weighted by atomic mass is 9.83. The number of hydrogen-bond acceptors (Lipinski definition) is 3. The number of nitrogens with one attached hydrogen (secondary N) is 1. The fourth-order valence-corrected chi connectivity index (χ4v) is 4.75. The molecular formula is C26H25ClN4O. The number of anilines is 1. The first-order valence-electron chi connectivity index (χ1n) is 11.1. The molecule has 0 radical (unpaired) electrons. The van der Waals surface area contributed by atoms with Crippen molar-refractivity contribution >= 4 is 28.8 Å². The van der Waals surface area contributed by atoms with Gasteiger partial charge in [-0.05, 0) is 55.0 Å². The Morgan fingerprint density at radius 1 is 1.12 bits per heavy atom. The Kier molecular flexibility index (Phi) is 5.43. The van der Waals surface area contributed by atoms with Crippen molar-refractivity contribution in [1.82, 2.24) is 14.6 Å². The molecule has 0 aliphatic heterocycles. The second kappa shape index (κ2) is 8.40. The zero-order chi connectivity index (χ0) is 22.2. The summed E-state index contributed by atoms with van der Waals surface area (Å²) in [5.74, 6) is 0.581. The Labute approximate surface area is 192 Å². The zero-order valence-electron chi connectivity index (χ0n) is 18.2. The predicted molar refractivity (Wildman–Crippen MR) is 129 cm³/mol. The Balaban J connectivity index is 1.69. The van der Waals surface area contributed by atoms with E-state index < -0.39 is 0 Å². The van der Waals surface area contributed by atoms with Gasteiger partial charge in [0.1, 0.15) is 0 Å². The van der Waals surface area contributed by atoms with Crippen LogP contribution in [0.3, 0.4) is 0 Å². The van der Waals surface area contributed by atoms with E-state index in [1.54, 1.807) is 0 Å². The van der Waals surface area contributed by atoms with Gasteiger partial charge in [0.05, 0.1) is 11.9 Å². The van der Waals surface area contributed by atoms with Crippen LogP contribution < -0.4 is 5.32 Å². The molecule has 0 saturated heterocycles. The number of hydrogen-bond donors (Lipinski definition) is 1. The van der Waals surface area contributed by atoms with Crippen LogP contribution >= 0.6 is 11.6 Å². The number of fused-ring (bicyclic) bond motifs is 3. The van der Waals surface area contributed by atoms with Gasteiger partial charge in [-0.1, -0.05) is 49.2 Å². The molecule has 6 heteroatoms. The second-order valence-corrected chi connectivity index (χ2v) is 8.90. The highest BCUT2D eigenvalue weighted by Crippen LogP contribution is 2.36. The number of aryl methyl sites for hydroxylation is 1. The molecule has 0 bridgehead atoms. The molecule has 5 rings (SSSR count). The van der Waals surface area contributed by atoms with Crippen LogP contribution in [0, 0.1) is 5.92 Å². The van der Waals surface area contributed by atoms with Gasteiger partial charge in [0.25, 0.3) is 0 Å². The third-order valence-electron chi connectivity index (χ3n) is 6.34. The Hall–Kier alpha value is -3.18. The minimum absolute atomic E-state index is 0.0765. The van der Waals surface area contributed by atoms with E-state index in [1.165, 1.54) is 24.6 Å². The Morgan fingerprint density at radius 3 is 2.53 bits per heavy atom. The predicted octanol–water partition coefficient (Wildman–Crippen LogP) is 6.19. The normalized spacial score (nSPS) is 15.5.